The number of hydrogen-bond donors (Lipinski definition) is 1. The molecule has 1 unspecified atom stereocenters. The Hall–Kier alpha value is -1.69. The third kappa shape index (κ3) is 2.92. The molecule has 0 aromatic carbocycles. The summed E-state index contributed by atoms with van der Waals surface area (Å²) in [4.78, 5) is 9.44. The summed E-state index contributed by atoms with van der Waals surface area (Å²) in [6.45, 7) is 8.74. The predicted molar refractivity (Wildman–Crippen MR) is 87.2 cm³/mol. The fourth-order valence-corrected chi connectivity index (χ4v) is 2.98. The first-order valence-corrected chi connectivity index (χ1v) is 8.32. The lowest BCUT2D eigenvalue weighted by molar-refractivity contribution is 0.120. The van der Waals surface area contributed by atoms with Gasteiger partial charge in [0.05, 0.1) is 11.8 Å². The van der Waals surface area contributed by atoms with Crippen LogP contribution in [0.3, 0.4) is 0 Å². The molecule has 0 radical (unpaired) electrons. The summed E-state index contributed by atoms with van der Waals surface area (Å²) in [5.74, 6) is 1.79. The van der Waals surface area contributed by atoms with E-state index in [1.807, 2.05) is 11.6 Å². The Morgan fingerprint density at radius 1 is 1.32 bits per heavy atom. The molecule has 0 bridgehead atoms. The van der Waals surface area contributed by atoms with Crippen molar-refractivity contribution >= 4 is 16.9 Å². The Morgan fingerprint density at radius 3 is 2.86 bits per heavy atom. The van der Waals surface area contributed by atoms with E-state index in [1.165, 1.54) is 0 Å². The molecule has 120 valence electrons. The molecule has 3 rings (SSSR count). The number of anilines is 1. The lowest BCUT2D eigenvalue weighted by Crippen LogP contribution is -2.20. The summed E-state index contributed by atoms with van der Waals surface area (Å²) in [6.07, 6.45) is 4.49. The third-order valence-corrected chi connectivity index (χ3v) is 4.10. The van der Waals surface area contributed by atoms with Gasteiger partial charge in [-0.05, 0) is 33.1 Å². The maximum atomic E-state index is 5.70. The number of fused-ring (bicyclic) bond motifs is 1. The molecule has 2 aromatic heterocycles. The van der Waals surface area contributed by atoms with Crippen LogP contribution in [0.5, 0.6) is 0 Å². The van der Waals surface area contributed by atoms with Gasteiger partial charge in [-0.1, -0.05) is 6.92 Å². The van der Waals surface area contributed by atoms with Gasteiger partial charge in [0.15, 0.2) is 5.82 Å². The van der Waals surface area contributed by atoms with Crippen LogP contribution in [0, 0.1) is 6.92 Å². The van der Waals surface area contributed by atoms with Gasteiger partial charge in [-0.3, -0.25) is 4.68 Å². The van der Waals surface area contributed by atoms with Crippen LogP contribution in [-0.2, 0) is 17.7 Å². The van der Waals surface area contributed by atoms with Crippen LogP contribution in [0.4, 0.5) is 5.82 Å². The van der Waals surface area contributed by atoms with Crippen LogP contribution < -0.4 is 5.32 Å². The van der Waals surface area contributed by atoms with Crippen molar-refractivity contribution in [1.29, 1.82) is 0 Å². The van der Waals surface area contributed by atoms with E-state index in [2.05, 4.69) is 24.3 Å². The Balaban J connectivity index is 1.96. The van der Waals surface area contributed by atoms with Crippen LogP contribution in [0.2, 0.25) is 0 Å². The highest BCUT2D eigenvalue weighted by molar-refractivity contribution is 5.87. The van der Waals surface area contributed by atoms with E-state index >= 15 is 0 Å². The molecule has 6 heteroatoms. The second-order valence-electron chi connectivity index (χ2n) is 5.85. The zero-order valence-corrected chi connectivity index (χ0v) is 13.7. The average molecular weight is 303 g/mol. The standard InChI is InChI=1S/C16H25N5O/c1-4-7-13-18-14-11(3)20-21(5-2)15(14)16(19-13)17-10-12-8-6-9-22-12/h12H,4-10H2,1-3H3,(H,17,18,19). The molecule has 0 aliphatic carbocycles. The van der Waals surface area contributed by atoms with E-state index in [1.54, 1.807) is 0 Å². The second kappa shape index (κ2) is 6.60. The molecular weight excluding hydrogens is 278 g/mol. The van der Waals surface area contributed by atoms with Gasteiger partial charge >= 0.3 is 0 Å². The topological polar surface area (TPSA) is 64.9 Å². The second-order valence-corrected chi connectivity index (χ2v) is 5.85. The summed E-state index contributed by atoms with van der Waals surface area (Å²) < 4.78 is 7.68. The molecule has 1 atom stereocenters. The number of ether oxygens (including phenoxy) is 1. The summed E-state index contributed by atoms with van der Waals surface area (Å²) in [6, 6.07) is 0. The van der Waals surface area contributed by atoms with Crippen LogP contribution >= 0.6 is 0 Å². The quantitative estimate of drug-likeness (QED) is 0.889. The van der Waals surface area contributed by atoms with E-state index in [0.717, 1.165) is 73.7 Å². The number of aromatic nitrogens is 4. The van der Waals surface area contributed by atoms with Crippen molar-refractivity contribution in [2.45, 2.75) is 59.1 Å². The zero-order valence-electron chi connectivity index (χ0n) is 13.7. The van der Waals surface area contributed by atoms with E-state index in [-0.39, 0.29) is 0 Å². The van der Waals surface area contributed by atoms with Gasteiger partial charge in [0, 0.05) is 26.1 Å². The minimum atomic E-state index is 0.290. The Bertz CT molecular complexity index is 646. The minimum Gasteiger partial charge on any atom is -0.376 e. The van der Waals surface area contributed by atoms with Crippen molar-refractivity contribution in [2.24, 2.45) is 0 Å². The summed E-state index contributed by atoms with van der Waals surface area (Å²) >= 11 is 0. The molecule has 1 aliphatic heterocycles. The van der Waals surface area contributed by atoms with Gasteiger partial charge in [0.1, 0.15) is 16.9 Å². The third-order valence-electron chi connectivity index (χ3n) is 4.10. The first-order valence-electron chi connectivity index (χ1n) is 8.32. The highest BCUT2D eigenvalue weighted by Gasteiger charge is 2.19. The van der Waals surface area contributed by atoms with E-state index in [9.17, 15) is 0 Å². The highest BCUT2D eigenvalue weighted by atomic mass is 16.5. The van der Waals surface area contributed by atoms with Gasteiger partial charge in [-0.2, -0.15) is 5.10 Å². The average Bonchev–Trinajstić information content (AvgIpc) is 3.14. The van der Waals surface area contributed by atoms with Gasteiger partial charge in [-0.25, -0.2) is 9.97 Å². The zero-order chi connectivity index (χ0) is 15.5. The van der Waals surface area contributed by atoms with Crippen molar-refractivity contribution in [3.8, 4) is 0 Å². The Morgan fingerprint density at radius 2 is 2.18 bits per heavy atom. The van der Waals surface area contributed by atoms with E-state index in [0.29, 0.717) is 6.10 Å². The van der Waals surface area contributed by atoms with Crippen LogP contribution in [0.1, 0.15) is 44.6 Å². The number of rotatable bonds is 6. The van der Waals surface area contributed by atoms with Crippen molar-refractivity contribution in [1.82, 2.24) is 19.7 Å². The maximum Gasteiger partial charge on any atom is 0.156 e. The number of aryl methyl sites for hydroxylation is 3. The van der Waals surface area contributed by atoms with Crippen molar-refractivity contribution in [3.63, 3.8) is 0 Å². The van der Waals surface area contributed by atoms with Gasteiger partial charge in [0.25, 0.3) is 0 Å². The predicted octanol–water partition coefficient (Wildman–Crippen LogP) is 2.70. The molecule has 1 aliphatic rings. The molecule has 0 spiro atoms. The van der Waals surface area contributed by atoms with Gasteiger partial charge < -0.3 is 10.1 Å². The first-order chi connectivity index (χ1) is 10.7. The normalized spacial score (nSPS) is 18.2. The van der Waals surface area contributed by atoms with E-state index in [4.69, 9.17) is 14.7 Å². The molecule has 3 heterocycles. The Labute approximate surface area is 131 Å². The number of nitrogens with one attached hydrogen (secondary N) is 1. The molecular formula is C16H25N5O. The molecule has 2 aromatic rings. The SMILES string of the molecule is CCCc1nc(NCC2CCCO2)c2c(n1)c(C)nn2CC. The maximum absolute atomic E-state index is 5.70. The van der Waals surface area contributed by atoms with Crippen LogP contribution in [0.15, 0.2) is 0 Å². The summed E-state index contributed by atoms with van der Waals surface area (Å²) in [5, 5.41) is 8.07. The lowest BCUT2D eigenvalue weighted by Gasteiger charge is -2.13. The monoisotopic (exact) mass is 303 g/mol. The van der Waals surface area contributed by atoms with Crippen molar-refractivity contribution in [2.75, 3.05) is 18.5 Å². The number of nitrogens with zero attached hydrogens (tertiary/aromatic N) is 4. The molecule has 0 saturated carbocycles. The minimum absolute atomic E-state index is 0.290. The molecule has 0 amide bonds. The fraction of sp³-hybridized carbons (Fsp3) is 0.688. The largest absolute Gasteiger partial charge is 0.376 e. The summed E-state index contributed by atoms with van der Waals surface area (Å²) in [5.41, 5.74) is 2.95. The number of hydrogen-bond acceptors (Lipinski definition) is 5. The Kier molecular flexibility index (Phi) is 4.57. The van der Waals surface area contributed by atoms with Crippen molar-refractivity contribution < 1.29 is 4.74 Å². The molecule has 6 nitrogen and oxygen atoms in total. The van der Waals surface area contributed by atoms with E-state index < -0.39 is 0 Å². The van der Waals surface area contributed by atoms with Crippen LogP contribution in [0.25, 0.3) is 11.0 Å². The molecule has 1 N–H and O–H groups in total. The highest BCUT2D eigenvalue weighted by Crippen LogP contribution is 2.24. The lowest BCUT2D eigenvalue weighted by atomic mass is 10.2. The van der Waals surface area contributed by atoms with Gasteiger partial charge in [0.2, 0.25) is 0 Å². The molecule has 1 fully saturated rings. The fourth-order valence-electron chi connectivity index (χ4n) is 2.98. The smallest absolute Gasteiger partial charge is 0.156 e. The molecule has 1 saturated heterocycles. The van der Waals surface area contributed by atoms with Crippen LogP contribution in [-0.4, -0.2) is 39.0 Å². The molecule has 22 heavy (non-hydrogen) atoms. The van der Waals surface area contributed by atoms with Crippen molar-refractivity contribution in [3.05, 3.63) is 11.5 Å². The van der Waals surface area contributed by atoms with Gasteiger partial charge in [-0.15, -0.1) is 0 Å². The first kappa shape index (κ1) is 15.2. The summed E-state index contributed by atoms with van der Waals surface area (Å²) in [7, 11) is 0.